The topological polar surface area (TPSA) is 9.23 Å². The Morgan fingerprint density at radius 2 is 1.40 bits per heavy atom. The Labute approximate surface area is 186 Å². The van der Waals surface area contributed by atoms with Crippen molar-refractivity contribution in [3.05, 3.63) is 76.6 Å². The third kappa shape index (κ3) is 6.76. The van der Waals surface area contributed by atoms with E-state index < -0.39 is 0 Å². The molecule has 1 aromatic carbocycles. The predicted octanol–water partition coefficient (Wildman–Crippen LogP) is 9.10. The summed E-state index contributed by atoms with van der Waals surface area (Å²) >= 11 is 0. The summed E-state index contributed by atoms with van der Waals surface area (Å²) in [6.07, 6.45) is 2.22. The monoisotopic (exact) mass is 408 g/mol. The third-order valence-corrected chi connectivity index (χ3v) is 5.64. The molecule has 0 aliphatic carbocycles. The summed E-state index contributed by atoms with van der Waals surface area (Å²) in [5.41, 5.74) is 7.27. The molecule has 0 heterocycles. The second-order valence-corrected chi connectivity index (χ2v) is 11.6. The highest BCUT2D eigenvalue weighted by atomic mass is 16.5. The Kier molecular flexibility index (Phi) is 7.81. The summed E-state index contributed by atoms with van der Waals surface area (Å²) in [4.78, 5) is 0. The van der Waals surface area contributed by atoms with Crippen LogP contribution in [-0.2, 0) is 5.41 Å². The van der Waals surface area contributed by atoms with Crippen LogP contribution in [0.4, 0.5) is 0 Å². The van der Waals surface area contributed by atoms with Gasteiger partial charge in [0.25, 0.3) is 0 Å². The van der Waals surface area contributed by atoms with E-state index in [-0.39, 0.29) is 16.2 Å². The molecule has 0 spiro atoms. The smallest absolute Gasteiger partial charge is 0.130 e. The van der Waals surface area contributed by atoms with Gasteiger partial charge in [-0.3, -0.25) is 0 Å². The summed E-state index contributed by atoms with van der Waals surface area (Å²) in [6, 6.07) is 6.41. The molecule has 0 radical (unpaired) electrons. The summed E-state index contributed by atoms with van der Waals surface area (Å²) < 4.78 is 6.19. The van der Waals surface area contributed by atoms with E-state index in [9.17, 15) is 0 Å². The molecule has 0 aliphatic heterocycles. The summed E-state index contributed by atoms with van der Waals surface area (Å²) in [5.74, 6) is 1.54. The van der Waals surface area contributed by atoms with Gasteiger partial charge >= 0.3 is 0 Å². The molecule has 1 heteroatoms. The second-order valence-electron chi connectivity index (χ2n) is 11.6. The first-order valence-corrected chi connectivity index (χ1v) is 10.9. The van der Waals surface area contributed by atoms with Gasteiger partial charge in [-0.05, 0) is 76.5 Å². The fourth-order valence-electron chi connectivity index (χ4n) is 3.35. The van der Waals surface area contributed by atoms with Gasteiger partial charge in [0.1, 0.15) is 11.5 Å². The van der Waals surface area contributed by atoms with E-state index in [4.69, 9.17) is 4.74 Å². The van der Waals surface area contributed by atoms with E-state index >= 15 is 0 Å². The molecule has 0 fully saturated rings. The first-order chi connectivity index (χ1) is 13.4. The van der Waals surface area contributed by atoms with Gasteiger partial charge in [-0.25, -0.2) is 0 Å². The van der Waals surface area contributed by atoms with Crippen LogP contribution in [0.1, 0.15) is 87.3 Å². The lowest BCUT2D eigenvalue weighted by Crippen LogP contribution is -2.16. The van der Waals surface area contributed by atoms with Crippen molar-refractivity contribution in [1.29, 1.82) is 0 Å². The van der Waals surface area contributed by atoms with Crippen LogP contribution < -0.4 is 4.74 Å². The zero-order chi connectivity index (χ0) is 23.7. The van der Waals surface area contributed by atoms with Gasteiger partial charge < -0.3 is 4.74 Å². The quantitative estimate of drug-likeness (QED) is 0.348. The lowest BCUT2D eigenvalue weighted by Gasteiger charge is -2.30. The molecule has 0 N–H and O–H groups in total. The van der Waals surface area contributed by atoms with Crippen LogP contribution in [0, 0.1) is 17.8 Å². The van der Waals surface area contributed by atoms with E-state index in [1.807, 2.05) is 0 Å². The summed E-state index contributed by atoms with van der Waals surface area (Å²) in [7, 11) is 0. The summed E-state index contributed by atoms with van der Waals surface area (Å²) in [6.45, 7) is 35.0. The van der Waals surface area contributed by atoms with Crippen molar-refractivity contribution in [2.24, 2.45) is 10.8 Å². The zero-order valence-electron chi connectivity index (χ0n) is 21.6. The molecule has 0 aliphatic rings. The molecule has 1 nitrogen and oxygen atoms in total. The lowest BCUT2D eigenvalue weighted by atomic mass is 9.75. The van der Waals surface area contributed by atoms with Crippen molar-refractivity contribution in [3.8, 4) is 5.75 Å². The molecule has 0 bridgehead atoms. The number of hydrogen-bond donors (Lipinski definition) is 0. The van der Waals surface area contributed by atoms with E-state index in [1.165, 1.54) is 16.7 Å². The van der Waals surface area contributed by atoms with Crippen LogP contribution in [0.2, 0.25) is 0 Å². The Morgan fingerprint density at radius 1 is 0.867 bits per heavy atom. The number of aryl methyl sites for hydroxylation is 1. The maximum Gasteiger partial charge on any atom is 0.130 e. The average molecular weight is 409 g/mol. The first-order valence-electron chi connectivity index (χ1n) is 10.9. The lowest BCUT2D eigenvalue weighted by molar-refractivity contribution is 0.433. The molecule has 30 heavy (non-hydrogen) atoms. The van der Waals surface area contributed by atoms with Gasteiger partial charge in [0.05, 0.1) is 0 Å². The van der Waals surface area contributed by atoms with Gasteiger partial charge in [0, 0.05) is 0 Å². The number of allylic oxidation sites excluding steroid dienone is 5. The molecule has 0 saturated heterocycles. The predicted molar refractivity (Wildman–Crippen MR) is 134 cm³/mol. The van der Waals surface area contributed by atoms with E-state index in [0.717, 1.165) is 22.5 Å². The largest absolute Gasteiger partial charge is 0.457 e. The standard InChI is InChI=1S/C29H44O/c1-19(18-25(29(12,13)14)21(3)22(4)27(6,7)8)23(5)30-26-16-15-24(17-20(26)2)28(9,10)11/h15-18H,4-5H2,1-3,6-14H3/b19-18+,25-21+. The first kappa shape index (κ1) is 26.0. The highest BCUT2D eigenvalue weighted by molar-refractivity contribution is 5.46. The van der Waals surface area contributed by atoms with Crippen molar-refractivity contribution < 1.29 is 4.74 Å². The summed E-state index contributed by atoms with van der Waals surface area (Å²) in [5, 5.41) is 0. The minimum Gasteiger partial charge on any atom is -0.457 e. The highest BCUT2D eigenvalue weighted by Crippen LogP contribution is 2.38. The third-order valence-electron chi connectivity index (χ3n) is 5.64. The van der Waals surface area contributed by atoms with Crippen molar-refractivity contribution in [2.75, 3.05) is 0 Å². The van der Waals surface area contributed by atoms with Crippen molar-refractivity contribution in [2.45, 2.75) is 88.5 Å². The molecule has 0 aromatic heterocycles. The van der Waals surface area contributed by atoms with Crippen LogP contribution >= 0.6 is 0 Å². The highest BCUT2D eigenvalue weighted by Gasteiger charge is 2.24. The van der Waals surface area contributed by atoms with E-state index in [2.05, 4.69) is 121 Å². The van der Waals surface area contributed by atoms with Crippen LogP contribution in [0.15, 0.2) is 65.5 Å². The fourth-order valence-corrected chi connectivity index (χ4v) is 3.35. The Morgan fingerprint density at radius 3 is 1.80 bits per heavy atom. The zero-order valence-corrected chi connectivity index (χ0v) is 21.6. The fraction of sp³-hybridized carbons (Fsp3) is 0.517. The average Bonchev–Trinajstić information content (AvgIpc) is 2.56. The van der Waals surface area contributed by atoms with Crippen molar-refractivity contribution in [1.82, 2.24) is 0 Å². The Hall–Kier alpha value is -2.02. The van der Waals surface area contributed by atoms with Crippen molar-refractivity contribution >= 4 is 0 Å². The maximum atomic E-state index is 6.19. The number of benzene rings is 1. The van der Waals surface area contributed by atoms with Gasteiger partial charge in [-0.15, -0.1) is 0 Å². The van der Waals surface area contributed by atoms with Crippen LogP contribution in [0.25, 0.3) is 0 Å². The van der Waals surface area contributed by atoms with Crippen LogP contribution in [0.3, 0.4) is 0 Å². The molecule has 166 valence electrons. The number of hydrogen-bond acceptors (Lipinski definition) is 1. The maximum absolute atomic E-state index is 6.19. The molecule has 1 rings (SSSR count). The minimum atomic E-state index is -0.00983. The molecule has 0 amide bonds. The molecule has 0 saturated carbocycles. The SMILES string of the molecule is C=C(Oc1ccc(C(C)(C)C)cc1C)/C(C)=C/C(=C(/C)C(=C)C(C)(C)C)C(C)(C)C. The van der Waals surface area contributed by atoms with Gasteiger partial charge in [0.2, 0.25) is 0 Å². The molecule has 1 aromatic rings. The second kappa shape index (κ2) is 9.00. The Bertz CT molecular complexity index is 868. The molecular weight excluding hydrogens is 364 g/mol. The van der Waals surface area contributed by atoms with Crippen LogP contribution in [0.5, 0.6) is 5.75 Å². The van der Waals surface area contributed by atoms with Gasteiger partial charge in [0.15, 0.2) is 0 Å². The van der Waals surface area contributed by atoms with Crippen LogP contribution in [-0.4, -0.2) is 0 Å². The molecule has 0 unspecified atom stereocenters. The molecular formula is C29H44O. The van der Waals surface area contributed by atoms with Gasteiger partial charge in [-0.2, -0.15) is 0 Å². The van der Waals surface area contributed by atoms with Crippen molar-refractivity contribution in [3.63, 3.8) is 0 Å². The van der Waals surface area contributed by atoms with Gasteiger partial charge in [-0.1, -0.05) is 93.7 Å². The number of ether oxygens (including phenoxy) is 1. The number of rotatable bonds is 5. The Balaban J connectivity index is 3.28. The minimum absolute atomic E-state index is 0.00983. The van der Waals surface area contributed by atoms with E-state index in [0.29, 0.717) is 5.76 Å². The molecule has 0 atom stereocenters. The normalized spacial score (nSPS) is 14.3. The van der Waals surface area contributed by atoms with E-state index in [1.54, 1.807) is 0 Å².